The highest BCUT2D eigenvalue weighted by atomic mass is 32.2. The molecule has 2 aromatic heterocycles. The first kappa shape index (κ1) is 35.3. The van der Waals surface area contributed by atoms with Crippen molar-refractivity contribution in [2.45, 2.75) is 43.9 Å². The van der Waals surface area contributed by atoms with E-state index in [0.717, 1.165) is 5.56 Å². The Labute approximate surface area is 276 Å². The van der Waals surface area contributed by atoms with Gasteiger partial charge in [-0.25, -0.2) is 23.4 Å². The maximum Gasteiger partial charge on any atom is 0.305 e. The fraction of sp³-hybridized carbons (Fsp3) is 0.323. The second kappa shape index (κ2) is 15.8. The van der Waals surface area contributed by atoms with Crippen molar-refractivity contribution in [1.82, 2.24) is 19.9 Å². The molecule has 4 rings (SSSR count). The lowest BCUT2D eigenvalue weighted by molar-refractivity contribution is -0.757. The minimum Gasteiger partial charge on any atom is -0.493 e. The number of carbonyl (C=O) groups excluding carboxylic acids is 1. The molecule has 0 fully saturated rings. The highest BCUT2D eigenvalue weighted by molar-refractivity contribution is 7.92. The summed E-state index contributed by atoms with van der Waals surface area (Å²) in [4.78, 5) is 43.7. The predicted molar refractivity (Wildman–Crippen MR) is 171 cm³/mol. The zero-order chi connectivity index (χ0) is 34.7. The van der Waals surface area contributed by atoms with Crippen LogP contribution in [0.2, 0.25) is 0 Å². The summed E-state index contributed by atoms with van der Waals surface area (Å²) in [5.74, 6) is -0.909. The Morgan fingerprint density at radius 2 is 1.60 bits per heavy atom. The summed E-state index contributed by atoms with van der Waals surface area (Å²) in [5.41, 5.74) is 0.739. The van der Waals surface area contributed by atoms with Gasteiger partial charge < -0.3 is 23.8 Å². The van der Waals surface area contributed by atoms with Crippen LogP contribution in [0.3, 0.4) is 0 Å². The number of ether oxygens (including phenoxy) is 4. The molecule has 0 saturated heterocycles. The third-order valence-corrected chi connectivity index (χ3v) is 7.80. The molecule has 0 radical (unpaired) electrons. The van der Waals surface area contributed by atoms with Crippen LogP contribution in [0.1, 0.15) is 39.2 Å². The zero-order valence-corrected chi connectivity index (χ0v) is 27.4. The van der Waals surface area contributed by atoms with Crippen LogP contribution in [-0.2, 0) is 29.8 Å². The number of aromatic nitrogens is 4. The van der Waals surface area contributed by atoms with Crippen molar-refractivity contribution in [3.05, 3.63) is 82.7 Å². The predicted octanol–water partition coefficient (Wildman–Crippen LogP) is 4.74. The van der Waals surface area contributed by atoms with E-state index in [0.29, 0.717) is 5.75 Å². The number of carbonyl (C=O) groups is 1. The van der Waals surface area contributed by atoms with Gasteiger partial charge in [-0.2, -0.15) is 4.98 Å². The Bertz CT molecular complexity index is 1820. The number of sulfonamides is 1. The summed E-state index contributed by atoms with van der Waals surface area (Å²) in [6, 6.07) is 14.7. The molecule has 4 aromatic rings. The van der Waals surface area contributed by atoms with Gasteiger partial charge in [0, 0.05) is 18.8 Å². The number of para-hydroxylation sites is 2. The van der Waals surface area contributed by atoms with Crippen LogP contribution in [-0.4, -0.2) is 66.3 Å². The number of esters is 1. The van der Waals surface area contributed by atoms with Crippen molar-refractivity contribution >= 4 is 21.8 Å². The van der Waals surface area contributed by atoms with Gasteiger partial charge in [-0.3, -0.25) is 9.52 Å². The highest BCUT2D eigenvalue weighted by Crippen LogP contribution is 2.41. The molecule has 0 aliphatic carbocycles. The van der Waals surface area contributed by atoms with Gasteiger partial charge in [-0.15, -0.1) is 10.1 Å². The van der Waals surface area contributed by atoms with E-state index in [2.05, 4.69) is 29.5 Å². The van der Waals surface area contributed by atoms with Gasteiger partial charge in [-0.1, -0.05) is 45.0 Å². The number of methoxy groups -OCH3 is 1. The van der Waals surface area contributed by atoms with E-state index < -0.39 is 21.1 Å². The number of nitrogens with zero attached hydrogens (tertiary/aromatic N) is 5. The largest absolute Gasteiger partial charge is 0.493 e. The Balaban J connectivity index is 1.69. The molecule has 0 saturated carbocycles. The van der Waals surface area contributed by atoms with Crippen molar-refractivity contribution < 1.29 is 42.1 Å². The van der Waals surface area contributed by atoms with Crippen molar-refractivity contribution in [2.24, 2.45) is 0 Å². The summed E-state index contributed by atoms with van der Waals surface area (Å²) in [5, 5.41) is 9.33. The normalized spacial score (nSPS) is 11.3. The lowest BCUT2D eigenvalue weighted by atomic mass is 9.87. The van der Waals surface area contributed by atoms with Gasteiger partial charge in [0.25, 0.3) is 21.0 Å². The monoisotopic (exact) mass is 682 g/mol. The molecule has 0 atom stereocenters. The van der Waals surface area contributed by atoms with Crippen LogP contribution in [0.4, 0.5) is 5.82 Å². The van der Waals surface area contributed by atoms with Crippen LogP contribution in [0.15, 0.2) is 71.9 Å². The summed E-state index contributed by atoms with van der Waals surface area (Å²) in [7, 11) is -2.81. The van der Waals surface area contributed by atoms with E-state index in [-0.39, 0.29) is 77.8 Å². The van der Waals surface area contributed by atoms with Crippen LogP contribution < -0.4 is 18.9 Å². The van der Waals surface area contributed by atoms with Gasteiger partial charge in [0.15, 0.2) is 23.1 Å². The molecule has 1 N–H and O–H groups in total. The summed E-state index contributed by atoms with van der Waals surface area (Å²) >= 11 is 0. The molecule has 254 valence electrons. The van der Waals surface area contributed by atoms with E-state index >= 15 is 0 Å². The second-order valence-corrected chi connectivity index (χ2v) is 12.6. The van der Waals surface area contributed by atoms with Crippen molar-refractivity contribution in [2.75, 3.05) is 31.7 Å². The molecule has 48 heavy (non-hydrogen) atoms. The van der Waals surface area contributed by atoms with E-state index in [4.69, 9.17) is 18.9 Å². The lowest BCUT2D eigenvalue weighted by Crippen LogP contribution is -2.18. The fourth-order valence-corrected chi connectivity index (χ4v) is 5.06. The molecule has 17 heteroatoms. The van der Waals surface area contributed by atoms with E-state index in [9.17, 15) is 23.3 Å². The number of anilines is 1. The molecular formula is C31H34N6O10S. The maximum atomic E-state index is 13.7. The first-order valence-corrected chi connectivity index (χ1v) is 16.0. The molecule has 0 bridgehead atoms. The third-order valence-electron chi connectivity index (χ3n) is 6.45. The second-order valence-electron chi connectivity index (χ2n) is 11.0. The Morgan fingerprint density at radius 3 is 2.25 bits per heavy atom. The van der Waals surface area contributed by atoms with Gasteiger partial charge in [0.1, 0.15) is 13.2 Å². The third kappa shape index (κ3) is 9.71. The molecule has 0 spiro atoms. The zero-order valence-electron chi connectivity index (χ0n) is 26.6. The Kier molecular flexibility index (Phi) is 11.6. The van der Waals surface area contributed by atoms with Crippen LogP contribution in [0.25, 0.3) is 11.6 Å². The number of benzene rings is 2. The molecule has 2 aromatic carbocycles. The maximum absolute atomic E-state index is 13.7. The molecular weight excluding hydrogens is 648 g/mol. The van der Waals surface area contributed by atoms with E-state index in [1.165, 1.54) is 31.6 Å². The first-order chi connectivity index (χ1) is 22.9. The van der Waals surface area contributed by atoms with Crippen LogP contribution in [0.5, 0.6) is 23.1 Å². The molecule has 0 aliphatic rings. The van der Waals surface area contributed by atoms with Gasteiger partial charge in [0.2, 0.25) is 11.6 Å². The lowest BCUT2D eigenvalue weighted by Gasteiger charge is -2.20. The average molecular weight is 683 g/mol. The summed E-state index contributed by atoms with van der Waals surface area (Å²) < 4.78 is 52.5. The molecule has 0 unspecified atom stereocenters. The van der Waals surface area contributed by atoms with Crippen LogP contribution in [0, 0.1) is 10.1 Å². The number of hydrogen-bond acceptors (Lipinski definition) is 14. The van der Waals surface area contributed by atoms with E-state index in [1.54, 1.807) is 42.5 Å². The number of rotatable bonds is 16. The topological polar surface area (TPSA) is 204 Å². The Morgan fingerprint density at radius 1 is 0.917 bits per heavy atom. The first-order valence-electron chi connectivity index (χ1n) is 14.6. The van der Waals surface area contributed by atoms with Gasteiger partial charge in [0.05, 0.1) is 18.6 Å². The quantitative estimate of drug-likeness (QED) is 0.0734. The Hall–Kier alpha value is -5.58. The minimum atomic E-state index is -4.24. The minimum absolute atomic E-state index is 0.0344. The van der Waals surface area contributed by atoms with Crippen molar-refractivity contribution in [1.29, 1.82) is 0 Å². The standard InChI is InChI=1S/C31H34N6O10S/c1-31(2,3)21-12-14-22(15-13-21)48(41,42)36-27-26(47-24-10-6-5-9-23(24)43-4)30(35-29(34-27)28-32-16-8-17-33-28)45-20-19-44-25(38)11-7-18-46-37(39)40/h5-6,8-10,12-17H,7,11,18-20H2,1-4H3,(H,34,35,36). The number of nitrogens with one attached hydrogen (secondary N) is 1. The van der Waals surface area contributed by atoms with Crippen molar-refractivity contribution in [3.63, 3.8) is 0 Å². The molecule has 2 heterocycles. The number of hydrogen-bond donors (Lipinski definition) is 1. The summed E-state index contributed by atoms with van der Waals surface area (Å²) in [6.07, 6.45) is 2.87. The van der Waals surface area contributed by atoms with Gasteiger partial charge >= 0.3 is 5.97 Å². The molecule has 16 nitrogen and oxygen atoms in total. The molecule has 0 aliphatic heterocycles. The highest BCUT2D eigenvalue weighted by Gasteiger charge is 2.26. The van der Waals surface area contributed by atoms with Crippen LogP contribution >= 0.6 is 0 Å². The van der Waals surface area contributed by atoms with Gasteiger partial charge in [-0.05, 0) is 47.7 Å². The summed E-state index contributed by atoms with van der Waals surface area (Å²) in [6.45, 7) is 5.30. The average Bonchev–Trinajstić information content (AvgIpc) is 3.06. The molecule has 0 amide bonds. The van der Waals surface area contributed by atoms with Crippen molar-refractivity contribution in [3.8, 4) is 34.8 Å². The smallest absolute Gasteiger partial charge is 0.305 e. The SMILES string of the molecule is COc1ccccc1Oc1c(NS(=O)(=O)c2ccc(C(C)(C)C)cc2)nc(-c2ncccn2)nc1OCCOC(=O)CCCO[N+](=O)[O-]. The van der Waals surface area contributed by atoms with E-state index in [1.807, 2.05) is 20.8 Å². The fourth-order valence-electron chi connectivity index (χ4n) is 4.06.